The Labute approximate surface area is 105 Å². The van der Waals surface area contributed by atoms with Crippen LogP contribution in [0.5, 0.6) is 11.5 Å². The van der Waals surface area contributed by atoms with Gasteiger partial charge in [0, 0.05) is 24.8 Å². The standard InChI is InChI=1S/C13H17NO4/c1-15-7-9-12(6-14)18-11-5-8(16-2)4-10(17-3)13(9)11/h4-5H,6-7,14H2,1-3H3. The highest BCUT2D eigenvalue weighted by molar-refractivity contribution is 5.90. The lowest BCUT2D eigenvalue weighted by molar-refractivity contribution is 0.184. The Hall–Kier alpha value is -1.72. The van der Waals surface area contributed by atoms with E-state index in [0.29, 0.717) is 36.0 Å². The predicted molar refractivity (Wildman–Crippen MR) is 67.9 cm³/mol. The van der Waals surface area contributed by atoms with Crippen LogP contribution in [0.25, 0.3) is 11.0 Å². The summed E-state index contributed by atoms with van der Waals surface area (Å²) in [5.74, 6) is 2.08. The van der Waals surface area contributed by atoms with Gasteiger partial charge in [0.1, 0.15) is 22.8 Å². The fraction of sp³-hybridized carbons (Fsp3) is 0.385. The van der Waals surface area contributed by atoms with Crippen LogP contribution in [0.15, 0.2) is 16.5 Å². The van der Waals surface area contributed by atoms with E-state index in [1.807, 2.05) is 12.1 Å². The zero-order valence-corrected chi connectivity index (χ0v) is 10.8. The summed E-state index contributed by atoms with van der Waals surface area (Å²) in [7, 11) is 4.85. The topological polar surface area (TPSA) is 66.9 Å². The van der Waals surface area contributed by atoms with E-state index in [-0.39, 0.29) is 0 Å². The molecule has 0 unspecified atom stereocenters. The van der Waals surface area contributed by atoms with Gasteiger partial charge in [0.2, 0.25) is 0 Å². The average Bonchev–Trinajstić information content (AvgIpc) is 2.76. The first kappa shape index (κ1) is 12.7. The van der Waals surface area contributed by atoms with E-state index < -0.39 is 0 Å². The predicted octanol–water partition coefficient (Wildman–Crippen LogP) is 2.06. The Morgan fingerprint density at radius 2 is 1.94 bits per heavy atom. The summed E-state index contributed by atoms with van der Waals surface area (Å²) in [6.07, 6.45) is 0. The maximum Gasteiger partial charge on any atom is 0.142 e. The van der Waals surface area contributed by atoms with Gasteiger partial charge in [-0.05, 0) is 0 Å². The molecule has 1 heterocycles. The minimum Gasteiger partial charge on any atom is -0.496 e. The fourth-order valence-electron chi connectivity index (χ4n) is 2.02. The zero-order chi connectivity index (χ0) is 13.1. The summed E-state index contributed by atoms with van der Waals surface area (Å²) in [6, 6.07) is 3.63. The van der Waals surface area contributed by atoms with Gasteiger partial charge in [0.25, 0.3) is 0 Å². The van der Waals surface area contributed by atoms with Gasteiger partial charge in [0.15, 0.2) is 0 Å². The normalized spacial score (nSPS) is 10.9. The van der Waals surface area contributed by atoms with Gasteiger partial charge in [-0.25, -0.2) is 0 Å². The zero-order valence-electron chi connectivity index (χ0n) is 10.8. The number of hydrogen-bond acceptors (Lipinski definition) is 5. The van der Waals surface area contributed by atoms with Crippen molar-refractivity contribution in [2.75, 3.05) is 21.3 Å². The molecule has 0 atom stereocenters. The highest BCUT2D eigenvalue weighted by Gasteiger charge is 2.18. The van der Waals surface area contributed by atoms with Crippen molar-refractivity contribution in [3.8, 4) is 11.5 Å². The Balaban J connectivity index is 2.72. The Bertz CT molecular complexity index is 547. The fourth-order valence-corrected chi connectivity index (χ4v) is 2.02. The van der Waals surface area contributed by atoms with Crippen LogP contribution >= 0.6 is 0 Å². The molecule has 0 radical (unpaired) electrons. The van der Waals surface area contributed by atoms with Gasteiger partial charge in [-0.1, -0.05) is 0 Å². The molecule has 0 aliphatic carbocycles. The first-order chi connectivity index (χ1) is 8.74. The molecular formula is C13H17NO4. The SMILES string of the molecule is COCc1c(CN)oc2cc(OC)cc(OC)c12. The molecule has 0 bridgehead atoms. The molecule has 0 spiro atoms. The Morgan fingerprint density at radius 3 is 2.50 bits per heavy atom. The van der Waals surface area contributed by atoms with Gasteiger partial charge in [0.05, 0.1) is 32.8 Å². The number of fused-ring (bicyclic) bond motifs is 1. The highest BCUT2D eigenvalue weighted by Crippen LogP contribution is 2.37. The van der Waals surface area contributed by atoms with Crippen molar-refractivity contribution in [1.29, 1.82) is 0 Å². The van der Waals surface area contributed by atoms with Crippen LogP contribution in [0.1, 0.15) is 11.3 Å². The van der Waals surface area contributed by atoms with Crippen LogP contribution in [0.3, 0.4) is 0 Å². The van der Waals surface area contributed by atoms with Crippen molar-refractivity contribution in [3.05, 3.63) is 23.5 Å². The van der Waals surface area contributed by atoms with Crippen LogP contribution in [0.2, 0.25) is 0 Å². The average molecular weight is 251 g/mol. The molecule has 0 saturated carbocycles. The van der Waals surface area contributed by atoms with Crippen molar-refractivity contribution >= 4 is 11.0 Å². The van der Waals surface area contributed by atoms with E-state index in [9.17, 15) is 0 Å². The molecule has 0 fully saturated rings. The summed E-state index contributed by atoms with van der Waals surface area (Å²) in [5.41, 5.74) is 7.30. The van der Waals surface area contributed by atoms with Crippen molar-refractivity contribution in [3.63, 3.8) is 0 Å². The van der Waals surface area contributed by atoms with E-state index in [4.69, 9.17) is 24.4 Å². The van der Waals surface area contributed by atoms with E-state index in [2.05, 4.69) is 0 Å². The summed E-state index contributed by atoms with van der Waals surface area (Å²) in [4.78, 5) is 0. The third-order valence-corrected chi connectivity index (χ3v) is 2.84. The van der Waals surface area contributed by atoms with Crippen LogP contribution in [0, 0.1) is 0 Å². The lowest BCUT2D eigenvalue weighted by Crippen LogP contribution is -1.99. The second kappa shape index (κ2) is 5.29. The van der Waals surface area contributed by atoms with Crippen LogP contribution in [-0.4, -0.2) is 21.3 Å². The first-order valence-electron chi connectivity index (χ1n) is 5.60. The molecule has 0 amide bonds. The minimum absolute atomic E-state index is 0.318. The third kappa shape index (κ3) is 2.02. The number of nitrogens with two attached hydrogens (primary N) is 1. The van der Waals surface area contributed by atoms with Gasteiger partial charge in [-0.2, -0.15) is 0 Å². The number of methoxy groups -OCH3 is 3. The number of hydrogen-bond donors (Lipinski definition) is 1. The van der Waals surface area contributed by atoms with E-state index in [1.54, 1.807) is 21.3 Å². The summed E-state index contributed by atoms with van der Waals surface area (Å²) < 4.78 is 21.5. The molecule has 5 nitrogen and oxygen atoms in total. The maximum atomic E-state index is 5.72. The second-order valence-corrected chi connectivity index (χ2v) is 3.84. The third-order valence-electron chi connectivity index (χ3n) is 2.84. The van der Waals surface area contributed by atoms with Crippen LogP contribution in [0.4, 0.5) is 0 Å². The quantitative estimate of drug-likeness (QED) is 0.881. The highest BCUT2D eigenvalue weighted by atomic mass is 16.5. The van der Waals surface area contributed by atoms with E-state index >= 15 is 0 Å². The summed E-state index contributed by atoms with van der Waals surface area (Å²) in [6.45, 7) is 0.751. The first-order valence-corrected chi connectivity index (χ1v) is 5.60. The van der Waals surface area contributed by atoms with Crippen molar-refractivity contribution < 1.29 is 18.6 Å². The summed E-state index contributed by atoms with van der Waals surface area (Å²) >= 11 is 0. The monoisotopic (exact) mass is 251 g/mol. The molecule has 0 aliphatic heterocycles. The van der Waals surface area contributed by atoms with Gasteiger partial charge in [-0.15, -0.1) is 0 Å². The van der Waals surface area contributed by atoms with Crippen molar-refractivity contribution in [1.82, 2.24) is 0 Å². The number of benzene rings is 1. The molecule has 1 aromatic heterocycles. The molecule has 1 aromatic carbocycles. The Kier molecular flexibility index (Phi) is 3.74. The molecule has 2 rings (SSSR count). The Morgan fingerprint density at radius 1 is 1.17 bits per heavy atom. The minimum atomic E-state index is 0.318. The number of rotatable bonds is 5. The molecular weight excluding hydrogens is 234 g/mol. The summed E-state index contributed by atoms with van der Waals surface area (Å²) in [5, 5.41) is 0.889. The lowest BCUT2D eigenvalue weighted by Gasteiger charge is -2.06. The smallest absolute Gasteiger partial charge is 0.142 e. The van der Waals surface area contributed by atoms with Crippen LogP contribution < -0.4 is 15.2 Å². The van der Waals surface area contributed by atoms with Crippen molar-refractivity contribution in [2.24, 2.45) is 5.73 Å². The molecule has 5 heteroatoms. The molecule has 18 heavy (non-hydrogen) atoms. The molecule has 2 N–H and O–H groups in total. The van der Waals surface area contributed by atoms with Crippen molar-refractivity contribution in [2.45, 2.75) is 13.2 Å². The largest absolute Gasteiger partial charge is 0.496 e. The van der Waals surface area contributed by atoms with Gasteiger partial charge < -0.3 is 24.4 Å². The lowest BCUT2D eigenvalue weighted by atomic mass is 10.1. The number of furan rings is 1. The molecule has 0 aliphatic rings. The van der Waals surface area contributed by atoms with E-state index in [1.165, 1.54) is 0 Å². The molecule has 0 saturated heterocycles. The number of ether oxygens (including phenoxy) is 3. The maximum absolute atomic E-state index is 5.72. The second-order valence-electron chi connectivity index (χ2n) is 3.84. The molecule has 2 aromatic rings. The molecule has 98 valence electrons. The van der Waals surface area contributed by atoms with Gasteiger partial charge in [-0.3, -0.25) is 0 Å². The van der Waals surface area contributed by atoms with E-state index in [0.717, 1.165) is 10.9 Å². The van der Waals surface area contributed by atoms with Crippen LogP contribution in [-0.2, 0) is 17.9 Å². The van der Waals surface area contributed by atoms with Gasteiger partial charge >= 0.3 is 0 Å².